The van der Waals surface area contributed by atoms with Crippen molar-refractivity contribution in [2.45, 2.75) is 12.2 Å². The van der Waals surface area contributed by atoms with Crippen molar-refractivity contribution in [2.75, 3.05) is 6.54 Å². The lowest BCUT2D eigenvalue weighted by Gasteiger charge is -2.17. The predicted octanol–water partition coefficient (Wildman–Crippen LogP) is 0.0234. The molecule has 1 aromatic carbocycles. The molecule has 2 atom stereocenters. The Morgan fingerprint density at radius 3 is 2.07 bits per heavy atom. The number of aromatic hydroxyl groups is 1. The summed E-state index contributed by atoms with van der Waals surface area (Å²) in [6.07, 6.45) is -3.21. The summed E-state index contributed by atoms with van der Waals surface area (Å²) in [6.45, 7) is -0.332. The number of phenolic OH excluding ortho intramolecular Hbond substituents is 1. The van der Waals surface area contributed by atoms with Crippen molar-refractivity contribution in [1.29, 1.82) is 0 Å². The summed E-state index contributed by atoms with van der Waals surface area (Å²) in [5.74, 6) is -2.86. The van der Waals surface area contributed by atoms with E-state index in [0.29, 0.717) is 12.1 Å². The second kappa shape index (κ2) is 4.52. The van der Waals surface area contributed by atoms with Gasteiger partial charge in [0.2, 0.25) is 0 Å². The van der Waals surface area contributed by atoms with Gasteiger partial charge in [-0.05, 0) is 0 Å². The van der Waals surface area contributed by atoms with Gasteiger partial charge in [-0.3, -0.25) is 0 Å². The lowest BCUT2D eigenvalue weighted by Crippen LogP contribution is -2.28. The molecule has 5 N–H and O–H groups in total. The summed E-state index contributed by atoms with van der Waals surface area (Å²) < 4.78 is 26.3. The first-order chi connectivity index (χ1) is 6.97. The van der Waals surface area contributed by atoms with Crippen LogP contribution >= 0.6 is 0 Å². The number of aliphatic hydroxyl groups excluding tert-OH is 2. The zero-order valence-electron chi connectivity index (χ0n) is 7.69. The second-order valence-corrected chi connectivity index (χ2v) is 3.07. The van der Waals surface area contributed by atoms with E-state index in [4.69, 9.17) is 15.9 Å². The molecule has 0 spiro atoms. The van der Waals surface area contributed by atoms with Gasteiger partial charge in [0.1, 0.15) is 23.5 Å². The monoisotopic (exact) mass is 219 g/mol. The van der Waals surface area contributed by atoms with Crippen LogP contribution in [-0.2, 0) is 0 Å². The molecule has 0 aliphatic rings. The number of benzene rings is 1. The average Bonchev–Trinajstić information content (AvgIpc) is 2.14. The summed E-state index contributed by atoms with van der Waals surface area (Å²) in [5, 5.41) is 27.3. The number of hydrogen-bond acceptors (Lipinski definition) is 4. The highest BCUT2D eigenvalue weighted by molar-refractivity contribution is 5.31. The Morgan fingerprint density at radius 1 is 1.20 bits per heavy atom. The minimum atomic E-state index is -1.75. The molecule has 1 rings (SSSR count). The van der Waals surface area contributed by atoms with Gasteiger partial charge in [0.15, 0.2) is 0 Å². The summed E-state index contributed by atoms with van der Waals surface area (Å²) in [4.78, 5) is 0. The number of halogens is 2. The zero-order chi connectivity index (χ0) is 11.6. The Kier molecular flexibility index (Phi) is 3.57. The van der Waals surface area contributed by atoms with E-state index in [9.17, 15) is 13.9 Å². The van der Waals surface area contributed by atoms with E-state index in [1.165, 1.54) is 0 Å². The molecule has 4 nitrogen and oxygen atoms in total. The Labute approximate surface area is 84.6 Å². The lowest BCUT2D eigenvalue weighted by molar-refractivity contribution is 0.0198. The number of aliphatic hydroxyl groups is 2. The van der Waals surface area contributed by atoms with Gasteiger partial charge in [-0.15, -0.1) is 0 Å². The number of nitrogens with two attached hydrogens (primary N) is 1. The van der Waals surface area contributed by atoms with E-state index in [2.05, 4.69) is 0 Å². The molecule has 0 fully saturated rings. The largest absolute Gasteiger partial charge is 0.508 e. The van der Waals surface area contributed by atoms with Crippen molar-refractivity contribution in [3.63, 3.8) is 0 Å². The molecule has 0 saturated carbocycles. The molecule has 6 heteroatoms. The van der Waals surface area contributed by atoms with Gasteiger partial charge >= 0.3 is 0 Å². The SMILES string of the molecule is NCC(O)C(O)c1c(F)cc(O)cc1F. The van der Waals surface area contributed by atoms with Crippen LogP contribution in [0.5, 0.6) is 5.75 Å². The molecule has 84 valence electrons. The van der Waals surface area contributed by atoms with Crippen LogP contribution in [0.25, 0.3) is 0 Å². The Balaban J connectivity index is 3.13. The average molecular weight is 219 g/mol. The van der Waals surface area contributed by atoms with Gasteiger partial charge in [-0.25, -0.2) is 8.78 Å². The van der Waals surface area contributed by atoms with Gasteiger partial charge in [0.25, 0.3) is 0 Å². The first kappa shape index (κ1) is 11.8. The van der Waals surface area contributed by atoms with Crippen LogP contribution in [0.1, 0.15) is 11.7 Å². The highest BCUT2D eigenvalue weighted by Crippen LogP contribution is 2.26. The van der Waals surface area contributed by atoms with E-state index >= 15 is 0 Å². The van der Waals surface area contributed by atoms with Gasteiger partial charge in [-0.1, -0.05) is 0 Å². The number of rotatable bonds is 3. The smallest absolute Gasteiger partial charge is 0.135 e. The van der Waals surface area contributed by atoms with Crippen molar-refractivity contribution in [3.05, 3.63) is 29.3 Å². The fourth-order valence-corrected chi connectivity index (χ4v) is 1.17. The standard InChI is InChI=1S/C9H11F2NO3/c10-5-1-4(13)2-6(11)8(5)9(15)7(14)3-12/h1-2,7,9,13-15H,3,12H2. The highest BCUT2D eigenvalue weighted by atomic mass is 19.1. The van der Waals surface area contributed by atoms with Crippen LogP contribution in [-0.4, -0.2) is 28.0 Å². The quantitative estimate of drug-likeness (QED) is 0.577. The van der Waals surface area contributed by atoms with E-state index in [1.807, 2.05) is 0 Å². The number of phenols is 1. The summed E-state index contributed by atoms with van der Waals surface area (Å²) in [6, 6.07) is 1.29. The number of hydrogen-bond donors (Lipinski definition) is 4. The first-order valence-electron chi connectivity index (χ1n) is 4.21. The van der Waals surface area contributed by atoms with Crippen LogP contribution in [0.3, 0.4) is 0 Å². The van der Waals surface area contributed by atoms with Crippen molar-refractivity contribution in [2.24, 2.45) is 5.73 Å². The second-order valence-electron chi connectivity index (χ2n) is 3.07. The van der Waals surface area contributed by atoms with Crippen molar-refractivity contribution >= 4 is 0 Å². The van der Waals surface area contributed by atoms with Crippen LogP contribution in [0.4, 0.5) is 8.78 Å². The van der Waals surface area contributed by atoms with Gasteiger partial charge in [0, 0.05) is 18.7 Å². The Morgan fingerprint density at radius 2 is 1.67 bits per heavy atom. The summed E-state index contributed by atoms with van der Waals surface area (Å²) >= 11 is 0. The minimum Gasteiger partial charge on any atom is -0.508 e. The molecule has 15 heavy (non-hydrogen) atoms. The lowest BCUT2D eigenvalue weighted by atomic mass is 10.0. The maximum absolute atomic E-state index is 13.1. The molecule has 0 heterocycles. The van der Waals surface area contributed by atoms with E-state index < -0.39 is 35.2 Å². The van der Waals surface area contributed by atoms with Crippen LogP contribution in [0, 0.1) is 11.6 Å². The molecular weight excluding hydrogens is 208 g/mol. The van der Waals surface area contributed by atoms with Crippen molar-refractivity contribution in [3.8, 4) is 5.75 Å². The third-order valence-corrected chi connectivity index (χ3v) is 1.97. The zero-order valence-corrected chi connectivity index (χ0v) is 7.69. The molecule has 0 aromatic heterocycles. The molecule has 0 radical (unpaired) electrons. The highest BCUT2D eigenvalue weighted by Gasteiger charge is 2.24. The van der Waals surface area contributed by atoms with Gasteiger partial charge < -0.3 is 21.1 Å². The first-order valence-corrected chi connectivity index (χ1v) is 4.21. The summed E-state index contributed by atoms with van der Waals surface area (Å²) in [5.41, 5.74) is 4.33. The summed E-state index contributed by atoms with van der Waals surface area (Å²) in [7, 11) is 0. The molecule has 2 unspecified atom stereocenters. The third-order valence-electron chi connectivity index (χ3n) is 1.97. The van der Waals surface area contributed by atoms with Crippen molar-refractivity contribution in [1.82, 2.24) is 0 Å². The van der Waals surface area contributed by atoms with Crippen LogP contribution in [0.2, 0.25) is 0 Å². The topological polar surface area (TPSA) is 86.7 Å². The molecule has 0 bridgehead atoms. The molecule has 1 aromatic rings. The molecule has 0 saturated heterocycles. The maximum Gasteiger partial charge on any atom is 0.135 e. The molecule has 0 aliphatic heterocycles. The normalized spacial score (nSPS) is 15.0. The maximum atomic E-state index is 13.1. The fourth-order valence-electron chi connectivity index (χ4n) is 1.17. The molecular formula is C9H11F2NO3. The fraction of sp³-hybridized carbons (Fsp3) is 0.333. The third kappa shape index (κ3) is 2.41. The van der Waals surface area contributed by atoms with Crippen molar-refractivity contribution < 1.29 is 24.1 Å². The van der Waals surface area contributed by atoms with Crippen LogP contribution in [0.15, 0.2) is 12.1 Å². The molecule has 0 aliphatic carbocycles. The predicted molar refractivity (Wildman–Crippen MR) is 48.0 cm³/mol. The molecule has 0 amide bonds. The van der Waals surface area contributed by atoms with Gasteiger partial charge in [0.05, 0.1) is 11.7 Å². The van der Waals surface area contributed by atoms with Crippen LogP contribution < -0.4 is 5.73 Å². The van der Waals surface area contributed by atoms with E-state index in [-0.39, 0.29) is 6.54 Å². The minimum absolute atomic E-state index is 0.332. The van der Waals surface area contributed by atoms with E-state index in [0.717, 1.165) is 0 Å². The van der Waals surface area contributed by atoms with E-state index in [1.54, 1.807) is 0 Å². The van der Waals surface area contributed by atoms with Gasteiger partial charge in [-0.2, -0.15) is 0 Å². The Bertz CT molecular complexity index is 336. The Hall–Kier alpha value is -1.24.